The third-order valence-corrected chi connectivity index (χ3v) is 3.30. The molecular weight excluding hydrogens is 186 g/mol. The Morgan fingerprint density at radius 3 is 2.53 bits per heavy atom. The van der Waals surface area contributed by atoms with Crippen molar-refractivity contribution in [3.05, 3.63) is 18.2 Å². The summed E-state index contributed by atoms with van der Waals surface area (Å²) in [5.41, 5.74) is 13.9. The van der Waals surface area contributed by atoms with Gasteiger partial charge in [0.2, 0.25) is 0 Å². The molecule has 1 aliphatic carbocycles. The predicted octanol–water partition coefficient (Wildman–Crippen LogP) is 1.94. The number of hydrogen-bond donors (Lipinski definition) is 2. The van der Waals surface area contributed by atoms with Crippen LogP contribution in [0.15, 0.2) is 18.2 Å². The Bertz CT molecular complexity index is 362. The van der Waals surface area contributed by atoms with Crippen molar-refractivity contribution < 1.29 is 0 Å². The van der Waals surface area contributed by atoms with Crippen LogP contribution in [0.4, 0.5) is 17.1 Å². The van der Waals surface area contributed by atoms with Crippen molar-refractivity contribution in [3.63, 3.8) is 0 Å². The Morgan fingerprint density at radius 2 is 2.00 bits per heavy atom. The predicted molar refractivity (Wildman–Crippen MR) is 65.8 cm³/mol. The molecular formula is C12H19N3. The van der Waals surface area contributed by atoms with Gasteiger partial charge in [0.15, 0.2) is 0 Å². The molecule has 2 atom stereocenters. The molecule has 3 nitrogen and oxygen atoms in total. The number of nitrogens with zero attached hydrogens (tertiary/aromatic N) is 1. The molecule has 0 bridgehead atoms. The first-order chi connectivity index (χ1) is 7.08. The standard InChI is InChI=1S/C12H19N3/c1-8-5-9(8)7-15(2)10-3-4-11(13)12(14)6-10/h3-4,6,8-9H,5,7,13-14H2,1-2H3. The lowest BCUT2D eigenvalue weighted by molar-refractivity contribution is 0.725. The summed E-state index contributed by atoms with van der Waals surface area (Å²) >= 11 is 0. The van der Waals surface area contributed by atoms with Gasteiger partial charge in [-0.3, -0.25) is 0 Å². The topological polar surface area (TPSA) is 55.3 Å². The molecule has 82 valence electrons. The summed E-state index contributed by atoms with van der Waals surface area (Å²) in [5.74, 6) is 1.74. The van der Waals surface area contributed by atoms with E-state index >= 15 is 0 Å². The summed E-state index contributed by atoms with van der Waals surface area (Å²) in [6.07, 6.45) is 1.36. The Morgan fingerprint density at radius 1 is 1.33 bits per heavy atom. The molecule has 0 aliphatic heterocycles. The largest absolute Gasteiger partial charge is 0.397 e. The van der Waals surface area contributed by atoms with Crippen LogP contribution in [0.2, 0.25) is 0 Å². The van der Waals surface area contributed by atoms with Crippen LogP contribution >= 0.6 is 0 Å². The average molecular weight is 205 g/mol. The number of rotatable bonds is 3. The van der Waals surface area contributed by atoms with Gasteiger partial charge in [0.05, 0.1) is 11.4 Å². The number of hydrogen-bond acceptors (Lipinski definition) is 3. The van der Waals surface area contributed by atoms with Gasteiger partial charge in [-0.05, 0) is 36.5 Å². The lowest BCUT2D eigenvalue weighted by Crippen LogP contribution is -2.20. The Balaban J connectivity index is 2.04. The van der Waals surface area contributed by atoms with E-state index in [-0.39, 0.29) is 0 Å². The summed E-state index contributed by atoms with van der Waals surface area (Å²) in [6.45, 7) is 3.42. The Hall–Kier alpha value is -1.38. The van der Waals surface area contributed by atoms with E-state index < -0.39 is 0 Å². The molecule has 1 aromatic carbocycles. The second kappa shape index (κ2) is 3.65. The van der Waals surface area contributed by atoms with Crippen molar-refractivity contribution in [3.8, 4) is 0 Å². The molecule has 2 unspecified atom stereocenters. The van der Waals surface area contributed by atoms with E-state index in [4.69, 9.17) is 11.5 Å². The van der Waals surface area contributed by atoms with E-state index in [1.165, 1.54) is 6.42 Å². The zero-order valence-corrected chi connectivity index (χ0v) is 9.40. The van der Waals surface area contributed by atoms with Gasteiger partial charge < -0.3 is 16.4 Å². The maximum absolute atomic E-state index is 5.78. The number of nitrogen functional groups attached to an aromatic ring is 2. The first-order valence-electron chi connectivity index (χ1n) is 5.44. The van der Waals surface area contributed by atoms with E-state index in [0.29, 0.717) is 11.4 Å². The molecule has 2 rings (SSSR count). The van der Waals surface area contributed by atoms with Gasteiger partial charge in [-0.15, -0.1) is 0 Å². The highest BCUT2D eigenvalue weighted by Crippen LogP contribution is 2.38. The molecule has 0 heterocycles. The minimum absolute atomic E-state index is 0.659. The van der Waals surface area contributed by atoms with Crippen LogP contribution in [0.3, 0.4) is 0 Å². The first-order valence-corrected chi connectivity index (χ1v) is 5.44. The quantitative estimate of drug-likeness (QED) is 0.741. The minimum Gasteiger partial charge on any atom is -0.397 e. The molecule has 3 heteroatoms. The van der Waals surface area contributed by atoms with Crippen LogP contribution in [0.25, 0.3) is 0 Å². The molecule has 1 aliphatic rings. The zero-order chi connectivity index (χ0) is 11.0. The van der Waals surface area contributed by atoms with E-state index in [1.54, 1.807) is 0 Å². The Labute approximate surface area is 91.1 Å². The van der Waals surface area contributed by atoms with E-state index in [1.807, 2.05) is 18.2 Å². The van der Waals surface area contributed by atoms with Crippen molar-refractivity contribution in [1.82, 2.24) is 0 Å². The van der Waals surface area contributed by atoms with Crippen molar-refractivity contribution in [1.29, 1.82) is 0 Å². The fourth-order valence-electron chi connectivity index (χ4n) is 1.91. The van der Waals surface area contributed by atoms with Crippen LogP contribution in [0.1, 0.15) is 13.3 Å². The van der Waals surface area contributed by atoms with Crippen LogP contribution in [0, 0.1) is 11.8 Å². The smallest absolute Gasteiger partial charge is 0.0568 e. The second-order valence-electron chi connectivity index (χ2n) is 4.67. The van der Waals surface area contributed by atoms with E-state index in [9.17, 15) is 0 Å². The average Bonchev–Trinajstić information content (AvgIpc) is 2.86. The van der Waals surface area contributed by atoms with Crippen LogP contribution in [-0.2, 0) is 0 Å². The fraction of sp³-hybridized carbons (Fsp3) is 0.500. The molecule has 4 N–H and O–H groups in total. The summed E-state index contributed by atoms with van der Waals surface area (Å²) < 4.78 is 0. The monoisotopic (exact) mass is 205 g/mol. The molecule has 1 fully saturated rings. The van der Waals surface area contributed by atoms with Gasteiger partial charge in [0.25, 0.3) is 0 Å². The van der Waals surface area contributed by atoms with E-state index in [0.717, 1.165) is 24.1 Å². The van der Waals surface area contributed by atoms with Crippen LogP contribution < -0.4 is 16.4 Å². The molecule has 15 heavy (non-hydrogen) atoms. The maximum atomic E-state index is 5.78. The lowest BCUT2D eigenvalue weighted by Gasteiger charge is -2.20. The van der Waals surface area contributed by atoms with Gasteiger partial charge in [-0.25, -0.2) is 0 Å². The molecule has 0 saturated heterocycles. The van der Waals surface area contributed by atoms with Crippen molar-refractivity contribution in [2.45, 2.75) is 13.3 Å². The third-order valence-electron chi connectivity index (χ3n) is 3.30. The summed E-state index contributed by atoms with van der Waals surface area (Å²) in [7, 11) is 2.11. The van der Waals surface area contributed by atoms with Crippen LogP contribution in [-0.4, -0.2) is 13.6 Å². The van der Waals surface area contributed by atoms with Gasteiger partial charge in [0.1, 0.15) is 0 Å². The second-order valence-corrected chi connectivity index (χ2v) is 4.67. The molecule has 0 aromatic heterocycles. The summed E-state index contributed by atoms with van der Waals surface area (Å²) in [4.78, 5) is 2.25. The summed E-state index contributed by atoms with van der Waals surface area (Å²) in [5, 5.41) is 0. The van der Waals surface area contributed by atoms with E-state index in [2.05, 4.69) is 18.9 Å². The minimum atomic E-state index is 0.659. The van der Waals surface area contributed by atoms with Crippen molar-refractivity contribution in [2.24, 2.45) is 11.8 Å². The third kappa shape index (κ3) is 2.17. The van der Waals surface area contributed by atoms with Crippen molar-refractivity contribution in [2.75, 3.05) is 30.0 Å². The first kappa shape index (κ1) is 10.1. The zero-order valence-electron chi connectivity index (χ0n) is 9.40. The van der Waals surface area contributed by atoms with Gasteiger partial charge >= 0.3 is 0 Å². The number of nitrogens with two attached hydrogens (primary N) is 2. The Kier molecular flexibility index (Phi) is 2.47. The van der Waals surface area contributed by atoms with Crippen molar-refractivity contribution >= 4 is 17.1 Å². The van der Waals surface area contributed by atoms with Gasteiger partial charge in [0, 0.05) is 19.3 Å². The molecule has 0 spiro atoms. The molecule has 0 radical (unpaired) electrons. The molecule has 0 amide bonds. The van der Waals surface area contributed by atoms with Crippen LogP contribution in [0.5, 0.6) is 0 Å². The lowest BCUT2D eigenvalue weighted by atomic mass is 10.2. The van der Waals surface area contributed by atoms with Gasteiger partial charge in [-0.1, -0.05) is 6.92 Å². The summed E-state index contributed by atoms with van der Waals surface area (Å²) in [6, 6.07) is 5.85. The van der Waals surface area contributed by atoms with Gasteiger partial charge in [-0.2, -0.15) is 0 Å². The number of benzene rings is 1. The molecule has 1 saturated carbocycles. The molecule has 1 aromatic rings. The number of anilines is 3. The highest BCUT2D eigenvalue weighted by Gasteiger charge is 2.33. The maximum Gasteiger partial charge on any atom is 0.0568 e. The highest BCUT2D eigenvalue weighted by atomic mass is 15.1. The fourth-order valence-corrected chi connectivity index (χ4v) is 1.91. The highest BCUT2D eigenvalue weighted by molar-refractivity contribution is 5.69. The normalized spacial score (nSPS) is 23.9. The SMILES string of the molecule is CC1CC1CN(C)c1ccc(N)c(N)c1.